The fourth-order valence-corrected chi connectivity index (χ4v) is 3.49. The maximum atomic E-state index is 12.5. The van der Waals surface area contributed by atoms with E-state index in [4.69, 9.17) is 32.7 Å². The summed E-state index contributed by atoms with van der Waals surface area (Å²) in [4.78, 5) is 18.2. The van der Waals surface area contributed by atoms with Gasteiger partial charge < -0.3 is 19.7 Å². The van der Waals surface area contributed by atoms with Gasteiger partial charge in [0.05, 0.1) is 28.9 Å². The van der Waals surface area contributed by atoms with Gasteiger partial charge in [-0.3, -0.25) is 0 Å². The zero-order valence-corrected chi connectivity index (χ0v) is 18.1. The van der Waals surface area contributed by atoms with Crippen molar-refractivity contribution in [3.63, 3.8) is 0 Å². The van der Waals surface area contributed by atoms with Crippen molar-refractivity contribution in [2.24, 2.45) is 0 Å². The van der Waals surface area contributed by atoms with Crippen LogP contribution in [0.5, 0.6) is 5.75 Å². The minimum absolute atomic E-state index is 0.156. The molecule has 10 heteroatoms. The van der Waals surface area contributed by atoms with E-state index >= 15 is 0 Å². The predicted octanol–water partition coefficient (Wildman–Crippen LogP) is 3.56. The van der Waals surface area contributed by atoms with E-state index in [9.17, 15) is 4.79 Å². The van der Waals surface area contributed by atoms with Gasteiger partial charge in [0.1, 0.15) is 31.1 Å². The van der Waals surface area contributed by atoms with Gasteiger partial charge in [0.25, 0.3) is 0 Å². The number of morpholine rings is 1. The van der Waals surface area contributed by atoms with Gasteiger partial charge in [-0.1, -0.05) is 29.3 Å². The molecule has 0 bridgehead atoms. The number of aromatic nitrogens is 3. The molecule has 2 aromatic carbocycles. The van der Waals surface area contributed by atoms with E-state index in [0.29, 0.717) is 48.6 Å². The number of hydrogen-bond donors (Lipinski definition) is 1. The number of ether oxygens (including phenoxy) is 2. The number of hydrogen-bond acceptors (Lipinski definition) is 5. The maximum absolute atomic E-state index is 12.5. The highest BCUT2D eigenvalue weighted by molar-refractivity contribution is 6.42. The van der Waals surface area contributed by atoms with E-state index in [2.05, 4.69) is 15.4 Å². The molecule has 0 saturated carbocycles. The van der Waals surface area contributed by atoms with Gasteiger partial charge in [-0.05, 0) is 42.0 Å². The molecule has 0 radical (unpaired) electrons. The SMILES string of the molecule is O=C(NCc1ccc(Cl)c(Cl)c1)N1CCOC(COc2ccc(-n3cncn3)cc2)C1. The van der Waals surface area contributed by atoms with Crippen LogP contribution in [0.3, 0.4) is 0 Å². The molecule has 31 heavy (non-hydrogen) atoms. The van der Waals surface area contributed by atoms with E-state index in [0.717, 1.165) is 11.3 Å². The summed E-state index contributed by atoms with van der Waals surface area (Å²) in [6, 6.07) is 12.7. The van der Waals surface area contributed by atoms with Crippen molar-refractivity contribution in [1.82, 2.24) is 25.0 Å². The second-order valence-electron chi connectivity index (χ2n) is 6.99. The Morgan fingerprint density at radius 3 is 2.77 bits per heavy atom. The first-order valence-corrected chi connectivity index (χ1v) is 10.5. The van der Waals surface area contributed by atoms with Crippen LogP contribution >= 0.6 is 23.2 Å². The van der Waals surface area contributed by atoms with Crippen LogP contribution in [0.15, 0.2) is 55.1 Å². The van der Waals surface area contributed by atoms with Crippen molar-refractivity contribution in [2.45, 2.75) is 12.6 Å². The standard InChI is InChI=1S/C21H21Cl2N5O3/c22-19-6-1-15(9-20(19)23)10-25-21(29)27-7-8-30-18(11-27)12-31-17-4-2-16(3-5-17)28-14-24-13-26-28/h1-6,9,13-14,18H,7-8,10-12H2,(H,25,29). The zero-order chi connectivity index (χ0) is 21.6. The molecule has 8 nitrogen and oxygen atoms in total. The Morgan fingerprint density at radius 1 is 1.19 bits per heavy atom. The first-order valence-electron chi connectivity index (χ1n) is 9.74. The number of amides is 2. The third-order valence-electron chi connectivity index (χ3n) is 4.81. The van der Waals surface area contributed by atoms with Crippen molar-refractivity contribution in [2.75, 3.05) is 26.3 Å². The minimum atomic E-state index is -0.209. The number of nitrogens with one attached hydrogen (secondary N) is 1. The van der Waals surface area contributed by atoms with Gasteiger partial charge in [0.15, 0.2) is 0 Å². The number of benzene rings is 2. The molecule has 1 fully saturated rings. The first kappa shape index (κ1) is 21.4. The summed E-state index contributed by atoms with van der Waals surface area (Å²) in [6.07, 6.45) is 2.91. The van der Waals surface area contributed by atoms with Crippen LogP contribution in [-0.4, -0.2) is 58.1 Å². The summed E-state index contributed by atoms with van der Waals surface area (Å²) in [7, 11) is 0. The lowest BCUT2D eigenvalue weighted by molar-refractivity contribution is -0.0352. The van der Waals surface area contributed by atoms with E-state index in [1.165, 1.54) is 6.33 Å². The summed E-state index contributed by atoms with van der Waals surface area (Å²) in [6.45, 7) is 2.14. The van der Waals surface area contributed by atoms with Crippen molar-refractivity contribution < 1.29 is 14.3 Å². The summed E-state index contributed by atoms with van der Waals surface area (Å²) < 4.78 is 13.3. The number of nitrogens with zero attached hydrogens (tertiary/aromatic N) is 4. The molecule has 1 N–H and O–H groups in total. The normalized spacial score (nSPS) is 16.2. The molecule has 1 aromatic heterocycles. The van der Waals surface area contributed by atoms with Gasteiger partial charge in [-0.15, -0.1) is 0 Å². The molecule has 3 aromatic rings. The molecule has 1 aliphatic rings. The average molecular weight is 462 g/mol. The highest BCUT2D eigenvalue weighted by Gasteiger charge is 2.24. The average Bonchev–Trinajstić information content (AvgIpc) is 3.34. The highest BCUT2D eigenvalue weighted by Crippen LogP contribution is 2.22. The van der Waals surface area contributed by atoms with Crippen LogP contribution in [0, 0.1) is 0 Å². The number of carbonyl (C=O) groups excluding carboxylic acids is 1. The lowest BCUT2D eigenvalue weighted by atomic mass is 10.2. The third kappa shape index (κ3) is 5.66. The quantitative estimate of drug-likeness (QED) is 0.606. The van der Waals surface area contributed by atoms with Gasteiger partial charge >= 0.3 is 6.03 Å². The minimum Gasteiger partial charge on any atom is -0.491 e. The van der Waals surface area contributed by atoms with E-state index in [1.54, 1.807) is 28.0 Å². The summed E-state index contributed by atoms with van der Waals surface area (Å²) in [5.41, 5.74) is 1.77. The molecular formula is C21H21Cl2N5O3. The molecule has 2 heterocycles. The molecule has 1 atom stereocenters. The number of rotatable bonds is 6. The molecular weight excluding hydrogens is 441 g/mol. The lowest BCUT2D eigenvalue weighted by Gasteiger charge is -2.32. The smallest absolute Gasteiger partial charge is 0.317 e. The van der Waals surface area contributed by atoms with E-state index < -0.39 is 0 Å². The predicted molar refractivity (Wildman–Crippen MR) is 117 cm³/mol. The maximum Gasteiger partial charge on any atom is 0.317 e. The fourth-order valence-electron chi connectivity index (χ4n) is 3.17. The monoisotopic (exact) mass is 461 g/mol. The second kappa shape index (κ2) is 10.00. The van der Waals surface area contributed by atoms with Crippen LogP contribution in [0.1, 0.15) is 5.56 Å². The molecule has 1 saturated heterocycles. The number of halogens is 2. The Kier molecular flexibility index (Phi) is 6.91. The second-order valence-corrected chi connectivity index (χ2v) is 7.81. The summed E-state index contributed by atoms with van der Waals surface area (Å²) in [5.74, 6) is 0.716. The Bertz CT molecular complexity index is 1010. The Balaban J connectivity index is 1.25. The van der Waals surface area contributed by atoms with Gasteiger partial charge in [-0.2, -0.15) is 5.10 Å². The van der Waals surface area contributed by atoms with Gasteiger partial charge in [-0.25, -0.2) is 14.5 Å². The first-order chi connectivity index (χ1) is 15.1. The van der Waals surface area contributed by atoms with E-state index in [-0.39, 0.29) is 12.1 Å². The number of carbonyl (C=O) groups is 1. The Labute approximate surface area is 189 Å². The third-order valence-corrected chi connectivity index (χ3v) is 5.55. The molecule has 2 amide bonds. The van der Waals surface area contributed by atoms with Crippen molar-refractivity contribution in [3.05, 3.63) is 70.7 Å². The topological polar surface area (TPSA) is 81.5 Å². The van der Waals surface area contributed by atoms with Crippen LogP contribution in [0.2, 0.25) is 10.0 Å². The molecule has 4 rings (SSSR count). The molecule has 0 spiro atoms. The molecule has 162 valence electrons. The van der Waals surface area contributed by atoms with E-state index in [1.807, 2.05) is 30.3 Å². The Hall–Kier alpha value is -2.81. The summed E-state index contributed by atoms with van der Waals surface area (Å²) in [5, 5.41) is 7.95. The fraction of sp³-hybridized carbons (Fsp3) is 0.286. The van der Waals surface area contributed by atoms with Crippen molar-refractivity contribution in [1.29, 1.82) is 0 Å². The Morgan fingerprint density at radius 2 is 2.03 bits per heavy atom. The van der Waals surface area contributed by atoms with Crippen molar-refractivity contribution >= 4 is 29.2 Å². The highest BCUT2D eigenvalue weighted by atomic mass is 35.5. The zero-order valence-electron chi connectivity index (χ0n) is 16.6. The summed E-state index contributed by atoms with van der Waals surface area (Å²) >= 11 is 12.0. The molecule has 1 unspecified atom stereocenters. The van der Waals surface area contributed by atoms with Gasteiger partial charge in [0.2, 0.25) is 0 Å². The van der Waals surface area contributed by atoms with Crippen LogP contribution in [0.4, 0.5) is 4.79 Å². The van der Waals surface area contributed by atoms with Crippen LogP contribution < -0.4 is 10.1 Å². The van der Waals surface area contributed by atoms with Gasteiger partial charge in [0, 0.05) is 13.1 Å². The molecule has 0 aliphatic carbocycles. The van der Waals surface area contributed by atoms with Crippen LogP contribution in [-0.2, 0) is 11.3 Å². The largest absolute Gasteiger partial charge is 0.491 e. The van der Waals surface area contributed by atoms with Crippen LogP contribution in [0.25, 0.3) is 5.69 Å². The lowest BCUT2D eigenvalue weighted by Crippen LogP contribution is -2.50. The molecule has 1 aliphatic heterocycles. The number of urea groups is 1. The van der Waals surface area contributed by atoms with Crippen molar-refractivity contribution in [3.8, 4) is 11.4 Å².